The topological polar surface area (TPSA) is 65.8 Å². The largest absolute Gasteiger partial charge is 0.434 e. The van der Waals surface area contributed by atoms with Crippen LogP contribution in [0.2, 0.25) is 0 Å². The molecular weight excluding hydrogens is 357 g/mol. The summed E-state index contributed by atoms with van der Waals surface area (Å²) in [4.78, 5) is 4.20. The van der Waals surface area contributed by atoms with Gasteiger partial charge in [-0.25, -0.2) is 9.37 Å². The fourth-order valence-corrected chi connectivity index (χ4v) is 2.96. The molecule has 0 fully saturated rings. The van der Waals surface area contributed by atoms with Gasteiger partial charge in [-0.2, -0.15) is 14.0 Å². The minimum atomic E-state index is -3.18. The second kappa shape index (κ2) is 7.54. The first-order valence-electron chi connectivity index (χ1n) is 8.19. The normalized spacial score (nSPS) is 11.0. The Labute approximate surface area is 153 Å². The van der Waals surface area contributed by atoms with Gasteiger partial charge in [0.2, 0.25) is 0 Å². The fourth-order valence-electron chi connectivity index (χ4n) is 2.96. The van der Waals surface area contributed by atoms with Crippen molar-refractivity contribution in [1.29, 1.82) is 5.26 Å². The average molecular weight is 371 g/mol. The van der Waals surface area contributed by atoms with E-state index in [9.17, 15) is 18.3 Å². The number of benzene rings is 2. The number of halogens is 3. The monoisotopic (exact) mass is 371 g/mol. The van der Waals surface area contributed by atoms with Crippen LogP contribution in [0.25, 0.3) is 10.9 Å². The Balaban J connectivity index is 2.25. The molecular formula is C20H14F3N2O2. The van der Waals surface area contributed by atoms with Gasteiger partial charge in [-0.15, -0.1) is 0 Å². The van der Waals surface area contributed by atoms with Crippen molar-refractivity contribution in [1.82, 2.24) is 4.98 Å². The number of aryl methyl sites for hydroxylation is 1. The summed E-state index contributed by atoms with van der Waals surface area (Å²) >= 11 is 0. The molecule has 0 N–H and O–H groups in total. The molecule has 0 aliphatic heterocycles. The van der Waals surface area contributed by atoms with Crippen molar-refractivity contribution in [3.63, 3.8) is 0 Å². The lowest BCUT2D eigenvalue weighted by atomic mass is 9.97. The van der Waals surface area contributed by atoms with Gasteiger partial charge >= 0.3 is 6.61 Å². The molecule has 0 aliphatic carbocycles. The molecule has 0 atom stereocenters. The maximum atomic E-state index is 14.2. The third kappa shape index (κ3) is 3.65. The van der Waals surface area contributed by atoms with Crippen LogP contribution in [0.15, 0.2) is 36.4 Å². The van der Waals surface area contributed by atoms with E-state index in [1.165, 1.54) is 0 Å². The van der Waals surface area contributed by atoms with Gasteiger partial charge in [-0.1, -0.05) is 19.1 Å². The van der Waals surface area contributed by atoms with Crippen molar-refractivity contribution in [2.24, 2.45) is 0 Å². The van der Waals surface area contributed by atoms with Crippen LogP contribution in [0.4, 0.5) is 13.2 Å². The molecule has 0 bridgehead atoms. The lowest BCUT2D eigenvalue weighted by Gasteiger charge is -2.17. The van der Waals surface area contributed by atoms with E-state index in [0.29, 0.717) is 28.8 Å². The van der Waals surface area contributed by atoms with Crippen LogP contribution in [0.3, 0.4) is 0 Å². The van der Waals surface area contributed by atoms with E-state index in [-0.39, 0.29) is 23.1 Å². The minimum absolute atomic E-state index is 0.149. The standard InChI is InChI=1S/C20H14F3N2O2/c1-2-15-13(9-11-3-5-12(10-24)6-4-11)19(27-20(22)23)17-16(26)8-7-14(21)18(17)25-15/h3-8,20H,2,9H2,1H3. The first kappa shape index (κ1) is 18.5. The lowest BCUT2D eigenvalue weighted by molar-refractivity contribution is -0.0494. The average Bonchev–Trinajstić information content (AvgIpc) is 2.66. The van der Waals surface area contributed by atoms with Gasteiger partial charge in [0.1, 0.15) is 17.1 Å². The highest BCUT2D eigenvalue weighted by Crippen LogP contribution is 2.40. The van der Waals surface area contributed by atoms with Crippen molar-refractivity contribution in [3.05, 3.63) is 64.6 Å². The number of pyridine rings is 1. The molecule has 0 saturated heterocycles. The molecule has 0 spiro atoms. The lowest BCUT2D eigenvalue weighted by Crippen LogP contribution is -2.10. The van der Waals surface area contributed by atoms with Crippen molar-refractivity contribution in [2.45, 2.75) is 26.4 Å². The van der Waals surface area contributed by atoms with E-state index < -0.39 is 18.2 Å². The Hall–Kier alpha value is -3.27. The van der Waals surface area contributed by atoms with Crippen LogP contribution < -0.4 is 4.74 Å². The van der Waals surface area contributed by atoms with E-state index in [1.54, 1.807) is 31.2 Å². The Bertz CT molecular complexity index is 1030. The second-order valence-corrected chi connectivity index (χ2v) is 5.85. The highest BCUT2D eigenvalue weighted by molar-refractivity contribution is 5.92. The summed E-state index contributed by atoms with van der Waals surface area (Å²) in [6.45, 7) is -1.43. The number of alkyl halides is 2. The maximum absolute atomic E-state index is 14.2. The highest BCUT2D eigenvalue weighted by atomic mass is 19.3. The summed E-state index contributed by atoms with van der Waals surface area (Å²) in [6.07, 6.45) is 0.486. The van der Waals surface area contributed by atoms with Crippen molar-refractivity contribution in [2.75, 3.05) is 0 Å². The van der Waals surface area contributed by atoms with Crippen LogP contribution in [-0.2, 0) is 17.9 Å². The molecule has 137 valence electrons. The number of nitrogens with zero attached hydrogens (tertiary/aromatic N) is 2. The van der Waals surface area contributed by atoms with Gasteiger partial charge in [0.25, 0.3) is 0 Å². The zero-order chi connectivity index (χ0) is 19.6. The Morgan fingerprint density at radius 2 is 1.89 bits per heavy atom. The summed E-state index contributed by atoms with van der Waals surface area (Å²) in [5.74, 6) is -1.76. The van der Waals surface area contributed by atoms with Gasteiger partial charge in [-0.3, -0.25) is 5.11 Å². The zero-order valence-electron chi connectivity index (χ0n) is 14.3. The number of ether oxygens (including phenoxy) is 1. The number of aromatic nitrogens is 1. The SMILES string of the molecule is CCc1nc2c(F)ccc([O])c2c(OC(F)F)c1Cc1ccc(C#N)cc1. The van der Waals surface area contributed by atoms with Gasteiger partial charge in [-0.05, 0) is 36.2 Å². The summed E-state index contributed by atoms with van der Waals surface area (Å²) in [5.41, 5.74) is 1.56. The summed E-state index contributed by atoms with van der Waals surface area (Å²) in [6, 6.07) is 10.5. The third-order valence-corrected chi connectivity index (χ3v) is 4.19. The number of rotatable bonds is 5. The molecule has 1 aromatic heterocycles. The number of hydrogen-bond acceptors (Lipinski definition) is 3. The highest BCUT2D eigenvalue weighted by Gasteiger charge is 2.23. The van der Waals surface area contributed by atoms with Gasteiger partial charge in [0.15, 0.2) is 5.75 Å². The molecule has 0 saturated carbocycles. The Morgan fingerprint density at radius 3 is 2.48 bits per heavy atom. The molecule has 0 unspecified atom stereocenters. The molecule has 4 nitrogen and oxygen atoms in total. The molecule has 1 heterocycles. The third-order valence-electron chi connectivity index (χ3n) is 4.19. The number of nitriles is 1. The smallest absolute Gasteiger partial charge is 0.387 e. The van der Waals surface area contributed by atoms with Crippen LogP contribution in [-0.4, -0.2) is 11.6 Å². The number of hydrogen-bond donors (Lipinski definition) is 0. The summed E-state index contributed by atoms with van der Waals surface area (Å²) in [7, 11) is 0. The Morgan fingerprint density at radius 1 is 1.19 bits per heavy atom. The summed E-state index contributed by atoms with van der Waals surface area (Å²) < 4.78 is 44.9. The molecule has 1 radical (unpaired) electrons. The summed E-state index contributed by atoms with van der Waals surface area (Å²) in [5, 5.41) is 20.8. The van der Waals surface area contributed by atoms with E-state index in [2.05, 4.69) is 9.72 Å². The number of fused-ring (bicyclic) bond motifs is 1. The maximum Gasteiger partial charge on any atom is 0.387 e. The minimum Gasteiger partial charge on any atom is -0.434 e. The van der Waals surface area contributed by atoms with E-state index in [1.807, 2.05) is 6.07 Å². The van der Waals surface area contributed by atoms with Crippen LogP contribution in [0, 0.1) is 17.1 Å². The second-order valence-electron chi connectivity index (χ2n) is 5.85. The van der Waals surface area contributed by atoms with Crippen molar-refractivity contribution < 1.29 is 23.0 Å². The molecule has 0 aliphatic rings. The zero-order valence-corrected chi connectivity index (χ0v) is 14.3. The van der Waals surface area contributed by atoms with Crippen molar-refractivity contribution >= 4 is 10.9 Å². The quantitative estimate of drug-likeness (QED) is 0.623. The molecule has 3 rings (SSSR count). The molecule has 2 aromatic carbocycles. The predicted molar refractivity (Wildman–Crippen MR) is 91.8 cm³/mol. The molecule has 3 aromatic rings. The van der Waals surface area contributed by atoms with E-state index in [4.69, 9.17) is 5.26 Å². The first-order valence-corrected chi connectivity index (χ1v) is 8.19. The van der Waals surface area contributed by atoms with Gasteiger partial charge < -0.3 is 4.74 Å². The van der Waals surface area contributed by atoms with Gasteiger partial charge in [0.05, 0.1) is 17.0 Å². The van der Waals surface area contributed by atoms with Crippen molar-refractivity contribution in [3.8, 4) is 17.6 Å². The molecule has 27 heavy (non-hydrogen) atoms. The van der Waals surface area contributed by atoms with Gasteiger partial charge in [0, 0.05) is 17.7 Å². The predicted octanol–water partition coefficient (Wildman–Crippen LogP) is 5.14. The van der Waals surface area contributed by atoms with Crippen LogP contribution >= 0.6 is 0 Å². The molecule has 0 amide bonds. The van der Waals surface area contributed by atoms with E-state index in [0.717, 1.165) is 12.1 Å². The molecule has 7 heteroatoms. The first-order chi connectivity index (χ1) is 12.9. The van der Waals surface area contributed by atoms with Crippen LogP contribution in [0.1, 0.15) is 29.3 Å². The Kier molecular flexibility index (Phi) is 5.17. The van der Waals surface area contributed by atoms with Crippen LogP contribution in [0.5, 0.6) is 11.5 Å². The fraction of sp³-hybridized carbons (Fsp3) is 0.200. The van der Waals surface area contributed by atoms with E-state index >= 15 is 0 Å².